The van der Waals surface area contributed by atoms with Gasteiger partial charge >= 0.3 is 5.97 Å². The zero-order chi connectivity index (χ0) is 5.86. The first-order valence-corrected chi connectivity index (χ1v) is 2.09. The van der Waals surface area contributed by atoms with Crippen LogP contribution in [-0.2, 0) is 9.53 Å². The number of esters is 1. The van der Waals surface area contributed by atoms with Crippen molar-refractivity contribution in [3.8, 4) is 0 Å². The Labute approximate surface area is 43.5 Å². The highest BCUT2D eigenvalue weighted by molar-refractivity contribution is 5.72. The minimum absolute atomic E-state index is 0.245. The summed E-state index contributed by atoms with van der Waals surface area (Å²) in [7, 11) is 1.35. The van der Waals surface area contributed by atoms with Gasteiger partial charge in [-0.1, -0.05) is 6.92 Å². The van der Waals surface area contributed by atoms with Gasteiger partial charge in [0, 0.05) is 0 Å². The molecule has 7 heavy (non-hydrogen) atoms. The summed E-state index contributed by atoms with van der Waals surface area (Å²) in [4.78, 5) is 10.2. The number of methoxy groups -OCH3 is 1. The molecule has 0 saturated carbocycles. The van der Waals surface area contributed by atoms with Crippen molar-refractivity contribution >= 4 is 5.97 Å². The van der Waals surface area contributed by atoms with Crippen LogP contribution < -0.4 is 0 Å². The average Bonchev–Trinajstić information content (AvgIpc) is 1.65. The van der Waals surface area contributed by atoms with E-state index in [2.05, 4.69) is 11.7 Å². The SMILES string of the molecule is [CH2][C@H](C)C(=O)OC. The molecule has 0 aliphatic heterocycles. The maximum atomic E-state index is 10.2. The van der Waals surface area contributed by atoms with Crippen LogP contribution in [-0.4, -0.2) is 13.1 Å². The summed E-state index contributed by atoms with van der Waals surface area (Å²) in [5.74, 6) is -0.509. The summed E-state index contributed by atoms with van der Waals surface area (Å²) in [6.45, 7) is 5.12. The van der Waals surface area contributed by atoms with E-state index in [-0.39, 0.29) is 11.9 Å². The molecule has 0 aliphatic rings. The molecule has 0 spiro atoms. The second-order valence-corrected chi connectivity index (χ2v) is 1.42. The maximum absolute atomic E-state index is 10.2. The van der Waals surface area contributed by atoms with Gasteiger partial charge in [0.2, 0.25) is 0 Å². The van der Waals surface area contributed by atoms with Crippen molar-refractivity contribution < 1.29 is 9.53 Å². The van der Waals surface area contributed by atoms with Crippen LogP contribution in [0.5, 0.6) is 0 Å². The highest BCUT2D eigenvalue weighted by Crippen LogP contribution is 1.91. The number of hydrogen-bond acceptors (Lipinski definition) is 2. The summed E-state index contributed by atoms with van der Waals surface area (Å²) in [6, 6.07) is 0. The predicted molar refractivity (Wildman–Crippen MR) is 26.5 cm³/mol. The van der Waals surface area contributed by atoms with E-state index in [1.807, 2.05) is 0 Å². The van der Waals surface area contributed by atoms with Crippen LogP contribution in [0.2, 0.25) is 0 Å². The van der Waals surface area contributed by atoms with E-state index in [0.717, 1.165) is 0 Å². The Hall–Kier alpha value is -0.530. The lowest BCUT2D eigenvalue weighted by Crippen LogP contribution is -2.08. The highest BCUT2D eigenvalue weighted by atomic mass is 16.5. The van der Waals surface area contributed by atoms with Crippen LogP contribution in [0.25, 0.3) is 0 Å². The summed E-state index contributed by atoms with van der Waals surface area (Å²) < 4.78 is 4.31. The number of carbonyl (C=O) groups is 1. The molecule has 2 nitrogen and oxygen atoms in total. The summed E-state index contributed by atoms with van der Waals surface area (Å²) in [5.41, 5.74) is 0. The maximum Gasteiger partial charge on any atom is 0.308 e. The monoisotopic (exact) mass is 101 g/mol. The van der Waals surface area contributed by atoms with Crippen molar-refractivity contribution in [2.75, 3.05) is 7.11 Å². The van der Waals surface area contributed by atoms with E-state index < -0.39 is 0 Å². The van der Waals surface area contributed by atoms with Crippen LogP contribution in [0.3, 0.4) is 0 Å². The predicted octanol–water partition coefficient (Wildman–Crippen LogP) is 0.630. The second-order valence-electron chi connectivity index (χ2n) is 1.42. The third kappa shape index (κ3) is 2.20. The number of ether oxygens (including phenoxy) is 1. The van der Waals surface area contributed by atoms with Crippen molar-refractivity contribution in [1.29, 1.82) is 0 Å². The van der Waals surface area contributed by atoms with Crippen molar-refractivity contribution in [3.05, 3.63) is 6.92 Å². The first-order chi connectivity index (χ1) is 3.18. The molecule has 0 saturated heterocycles. The lowest BCUT2D eigenvalue weighted by molar-refractivity contribution is -0.143. The van der Waals surface area contributed by atoms with Crippen molar-refractivity contribution in [2.45, 2.75) is 6.92 Å². The third-order valence-electron chi connectivity index (χ3n) is 0.604. The largest absolute Gasteiger partial charge is 0.469 e. The topological polar surface area (TPSA) is 26.3 Å². The Balaban J connectivity index is 3.35. The highest BCUT2D eigenvalue weighted by Gasteiger charge is 2.03. The fourth-order valence-electron chi connectivity index (χ4n) is 0.201. The van der Waals surface area contributed by atoms with Crippen LogP contribution in [0.1, 0.15) is 6.92 Å². The van der Waals surface area contributed by atoms with Gasteiger partial charge in [-0.2, -0.15) is 0 Å². The normalized spacial score (nSPS) is 9.14. The molecule has 0 aromatic heterocycles. The fraction of sp³-hybridized carbons (Fsp3) is 0.600. The van der Waals surface area contributed by atoms with Crippen molar-refractivity contribution in [3.63, 3.8) is 0 Å². The average molecular weight is 101 g/mol. The van der Waals surface area contributed by atoms with Crippen LogP contribution >= 0.6 is 0 Å². The summed E-state index contributed by atoms with van der Waals surface area (Å²) in [6.07, 6.45) is 0. The van der Waals surface area contributed by atoms with E-state index >= 15 is 0 Å². The Morgan fingerprint density at radius 2 is 2.29 bits per heavy atom. The van der Waals surface area contributed by atoms with E-state index in [1.165, 1.54) is 7.11 Å². The smallest absolute Gasteiger partial charge is 0.308 e. The Morgan fingerprint density at radius 1 is 1.86 bits per heavy atom. The molecule has 0 bridgehead atoms. The molecular weight excluding hydrogens is 92.1 g/mol. The molecule has 0 rings (SSSR count). The molecule has 0 aromatic carbocycles. The van der Waals surface area contributed by atoms with Gasteiger partial charge < -0.3 is 4.74 Å². The number of carbonyl (C=O) groups excluding carboxylic acids is 1. The summed E-state index contributed by atoms with van der Waals surface area (Å²) >= 11 is 0. The van der Waals surface area contributed by atoms with Gasteiger partial charge in [-0.25, -0.2) is 0 Å². The lowest BCUT2D eigenvalue weighted by Gasteiger charge is -1.97. The van der Waals surface area contributed by atoms with Gasteiger partial charge in [-0.05, 0) is 6.92 Å². The standard InChI is InChI=1S/C5H9O2/c1-4(2)5(6)7-3/h4H,1H2,2-3H3/t4-/m1/s1. The first kappa shape index (κ1) is 6.47. The molecule has 0 unspecified atom stereocenters. The van der Waals surface area contributed by atoms with Crippen LogP contribution in [0.4, 0.5) is 0 Å². The third-order valence-corrected chi connectivity index (χ3v) is 0.604. The molecule has 0 amide bonds. The zero-order valence-electron chi connectivity index (χ0n) is 4.60. The lowest BCUT2D eigenvalue weighted by atomic mass is 10.2. The van der Waals surface area contributed by atoms with Crippen LogP contribution in [0, 0.1) is 12.8 Å². The van der Waals surface area contributed by atoms with E-state index in [9.17, 15) is 4.79 Å². The Kier molecular flexibility index (Phi) is 2.41. The van der Waals surface area contributed by atoms with Crippen molar-refractivity contribution in [1.82, 2.24) is 0 Å². The summed E-state index contributed by atoms with van der Waals surface area (Å²) in [5, 5.41) is 0. The van der Waals surface area contributed by atoms with Gasteiger partial charge in [-0.3, -0.25) is 4.79 Å². The fourth-order valence-corrected chi connectivity index (χ4v) is 0.201. The second kappa shape index (κ2) is 2.61. The molecule has 0 N–H and O–H groups in total. The Morgan fingerprint density at radius 3 is 2.29 bits per heavy atom. The first-order valence-electron chi connectivity index (χ1n) is 2.09. The molecule has 1 radical (unpaired) electrons. The van der Waals surface area contributed by atoms with E-state index in [4.69, 9.17) is 0 Å². The molecular formula is C5H9O2. The van der Waals surface area contributed by atoms with Gasteiger partial charge in [0.1, 0.15) is 0 Å². The minimum Gasteiger partial charge on any atom is -0.469 e. The molecule has 0 aliphatic carbocycles. The molecule has 41 valence electrons. The number of hydrogen-bond donors (Lipinski definition) is 0. The van der Waals surface area contributed by atoms with Gasteiger partial charge in [0.15, 0.2) is 0 Å². The van der Waals surface area contributed by atoms with Gasteiger partial charge in [-0.15, -0.1) is 0 Å². The van der Waals surface area contributed by atoms with Crippen molar-refractivity contribution in [2.24, 2.45) is 5.92 Å². The van der Waals surface area contributed by atoms with E-state index in [1.54, 1.807) is 6.92 Å². The molecule has 0 aromatic rings. The quantitative estimate of drug-likeness (QED) is 0.453. The number of rotatable bonds is 1. The molecule has 2 heteroatoms. The van der Waals surface area contributed by atoms with Gasteiger partial charge in [0.25, 0.3) is 0 Å². The molecule has 1 atom stereocenters. The van der Waals surface area contributed by atoms with Gasteiger partial charge in [0.05, 0.1) is 13.0 Å². The zero-order valence-corrected chi connectivity index (χ0v) is 4.60. The molecule has 0 fully saturated rings. The Bertz CT molecular complexity index is 66.5. The minimum atomic E-state index is -0.264. The van der Waals surface area contributed by atoms with E-state index in [0.29, 0.717) is 0 Å². The molecule has 0 heterocycles. The van der Waals surface area contributed by atoms with Crippen LogP contribution in [0.15, 0.2) is 0 Å².